The van der Waals surface area contributed by atoms with Crippen molar-refractivity contribution in [2.75, 3.05) is 0 Å². The Labute approximate surface area is 80.6 Å². The zero-order valence-electron chi connectivity index (χ0n) is 7.42. The lowest BCUT2D eigenvalue weighted by Crippen LogP contribution is -1.63. The highest BCUT2D eigenvalue weighted by Gasteiger charge is 1.90. The Bertz CT molecular complexity index is 425. The van der Waals surface area contributed by atoms with Crippen LogP contribution >= 0.6 is 0 Å². The standard InChI is InChI=1S/C6H5N3.C4H4O/c1-2-4-6-5(3-1)7-9-8-6;1-2-4-5-3-1/h1-4H,(H,7,8,9);1-4H. The highest BCUT2D eigenvalue weighted by atomic mass is 16.3. The minimum atomic E-state index is 0.914. The molecular weight excluding hydrogens is 178 g/mol. The SMILES string of the molecule is c1ccc2n[nH]nc2c1.c1ccoc1. The fourth-order valence-corrected chi connectivity index (χ4v) is 1.01. The first kappa shape index (κ1) is 8.50. The van der Waals surface area contributed by atoms with Gasteiger partial charge in [-0.1, -0.05) is 12.1 Å². The number of H-pyrrole nitrogens is 1. The van der Waals surface area contributed by atoms with Gasteiger partial charge in [-0.3, -0.25) is 0 Å². The number of benzene rings is 1. The molecule has 1 aromatic carbocycles. The number of furan rings is 1. The van der Waals surface area contributed by atoms with Crippen LogP contribution in [0.2, 0.25) is 0 Å². The van der Waals surface area contributed by atoms with E-state index in [9.17, 15) is 0 Å². The molecule has 1 N–H and O–H groups in total. The van der Waals surface area contributed by atoms with Gasteiger partial charge in [-0.25, -0.2) is 0 Å². The van der Waals surface area contributed by atoms with E-state index in [1.807, 2.05) is 36.4 Å². The van der Waals surface area contributed by atoms with Gasteiger partial charge in [0.15, 0.2) is 0 Å². The molecule has 0 fully saturated rings. The number of nitrogens with one attached hydrogen (secondary N) is 1. The number of hydrogen-bond acceptors (Lipinski definition) is 3. The summed E-state index contributed by atoms with van der Waals surface area (Å²) in [6.45, 7) is 0. The van der Waals surface area contributed by atoms with Gasteiger partial charge in [0.1, 0.15) is 11.0 Å². The molecule has 0 aliphatic carbocycles. The van der Waals surface area contributed by atoms with Crippen molar-refractivity contribution < 1.29 is 4.42 Å². The lowest BCUT2D eigenvalue weighted by Gasteiger charge is -1.78. The maximum Gasteiger partial charge on any atom is 0.112 e. The molecule has 0 bridgehead atoms. The van der Waals surface area contributed by atoms with E-state index in [0.717, 1.165) is 11.0 Å². The number of rotatable bonds is 0. The second-order valence-corrected chi connectivity index (χ2v) is 2.61. The zero-order chi connectivity index (χ0) is 9.64. The van der Waals surface area contributed by atoms with Gasteiger partial charge in [-0.2, -0.15) is 15.4 Å². The first-order valence-corrected chi connectivity index (χ1v) is 4.19. The van der Waals surface area contributed by atoms with Gasteiger partial charge in [-0.05, 0) is 24.3 Å². The smallest absolute Gasteiger partial charge is 0.112 e. The minimum absolute atomic E-state index is 0.914. The first-order chi connectivity index (χ1) is 6.97. The normalized spacial score (nSPS) is 9.43. The van der Waals surface area contributed by atoms with Crippen LogP contribution in [0.3, 0.4) is 0 Å². The van der Waals surface area contributed by atoms with Gasteiger partial charge in [0.05, 0.1) is 12.5 Å². The quantitative estimate of drug-likeness (QED) is 0.587. The summed E-state index contributed by atoms with van der Waals surface area (Å²) in [5.41, 5.74) is 1.83. The van der Waals surface area contributed by atoms with Gasteiger partial charge >= 0.3 is 0 Å². The van der Waals surface area contributed by atoms with E-state index in [1.54, 1.807) is 12.5 Å². The summed E-state index contributed by atoms with van der Waals surface area (Å²) >= 11 is 0. The number of nitrogens with zero attached hydrogens (tertiary/aromatic N) is 2. The summed E-state index contributed by atoms with van der Waals surface area (Å²) < 4.78 is 4.58. The first-order valence-electron chi connectivity index (χ1n) is 4.19. The molecule has 0 amide bonds. The maximum atomic E-state index is 4.58. The van der Waals surface area contributed by atoms with Crippen LogP contribution in [0.1, 0.15) is 0 Å². The topological polar surface area (TPSA) is 54.7 Å². The largest absolute Gasteiger partial charge is 0.473 e. The molecule has 4 heteroatoms. The second kappa shape index (κ2) is 4.23. The van der Waals surface area contributed by atoms with Crippen LogP contribution in [0.4, 0.5) is 0 Å². The minimum Gasteiger partial charge on any atom is -0.473 e. The predicted octanol–water partition coefficient (Wildman–Crippen LogP) is 2.24. The molecule has 70 valence electrons. The van der Waals surface area contributed by atoms with E-state index in [0.29, 0.717) is 0 Å². The van der Waals surface area contributed by atoms with E-state index in [4.69, 9.17) is 0 Å². The van der Waals surface area contributed by atoms with Gasteiger partial charge in [0, 0.05) is 0 Å². The van der Waals surface area contributed by atoms with Crippen molar-refractivity contribution in [1.29, 1.82) is 0 Å². The Morgan fingerprint density at radius 3 is 1.86 bits per heavy atom. The molecule has 0 spiro atoms. The summed E-state index contributed by atoms with van der Waals surface area (Å²) in [5, 5.41) is 10.3. The van der Waals surface area contributed by atoms with E-state index in [-0.39, 0.29) is 0 Å². The predicted molar refractivity (Wildman–Crippen MR) is 52.6 cm³/mol. The summed E-state index contributed by atoms with van der Waals surface area (Å²) in [6, 6.07) is 11.4. The van der Waals surface area contributed by atoms with E-state index in [1.165, 1.54) is 0 Å². The van der Waals surface area contributed by atoms with Crippen molar-refractivity contribution in [3.63, 3.8) is 0 Å². The van der Waals surface area contributed by atoms with Crippen molar-refractivity contribution in [2.45, 2.75) is 0 Å². The number of hydrogen-bond donors (Lipinski definition) is 1. The van der Waals surface area contributed by atoms with Crippen molar-refractivity contribution in [1.82, 2.24) is 15.4 Å². The van der Waals surface area contributed by atoms with Crippen molar-refractivity contribution in [3.8, 4) is 0 Å². The van der Waals surface area contributed by atoms with E-state index < -0.39 is 0 Å². The maximum absolute atomic E-state index is 4.58. The van der Waals surface area contributed by atoms with Crippen LogP contribution in [0.15, 0.2) is 53.3 Å². The van der Waals surface area contributed by atoms with Crippen molar-refractivity contribution >= 4 is 11.0 Å². The van der Waals surface area contributed by atoms with Crippen LogP contribution in [-0.4, -0.2) is 15.4 Å². The molecule has 0 aliphatic rings. The summed E-state index contributed by atoms with van der Waals surface area (Å²) in [4.78, 5) is 0. The van der Waals surface area contributed by atoms with E-state index >= 15 is 0 Å². The van der Waals surface area contributed by atoms with Gasteiger partial charge < -0.3 is 4.42 Å². The lowest BCUT2D eigenvalue weighted by atomic mass is 10.3. The molecule has 14 heavy (non-hydrogen) atoms. The van der Waals surface area contributed by atoms with Crippen LogP contribution in [-0.2, 0) is 0 Å². The molecule has 0 aliphatic heterocycles. The molecule has 0 atom stereocenters. The number of aromatic nitrogens is 3. The second-order valence-electron chi connectivity index (χ2n) is 2.61. The molecule has 0 saturated carbocycles. The average molecular weight is 187 g/mol. The summed E-state index contributed by atoms with van der Waals surface area (Å²) in [6.07, 6.45) is 3.25. The Hall–Kier alpha value is -2.10. The third-order valence-corrected chi connectivity index (χ3v) is 1.65. The Kier molecular flexibility index (Phi) is 2.56. The van der Waals surface area contributed by atoms with Crippen LogP contribution in [0.25, 0.3) is 11.0 Å². The fraction of sp³-hybridized carbons (Fsp3) is 0. The summed E-state index contributed by atoms with van der Waals surface area (Å²) in [5.74, 6) is 0. The van der Waals surface area contributed by atoms with Gasteiger partial charge in [-0.15, -0.1) is 0 Å². The Morgan fingerprint density at radius 1 is 0.857 bits per heavy atom. The molecule has 0 radical (unpaired) electrons. The van der Waals surface area contributed by atoms with Crippen LogP contribution in [0, 0.1) is 0 Å². The van der Waals surface area contributed by atoms with Crippen LogP contribution in [0.5, 0.6) is 0 Å². The fourth-order valence-electron chi connectivity index (χ4n) is 1.01. The lowest BCUT2D eigenvalue weighted by molar-refractivity contribution is 0.567. The van der Waals surface area contributed by atoms with Crippen LogP contribution < -0.4 is 0 Å². The highest BCUT2D eigenvalue weighted by Crippen LogP contribution is 2.03. The molecule has 0 unspecified atom stereocenters. The van der Waals surface area contributed by atoms with E-state index in [2.05, 4.69) is 19.8 Å². The van der Waals surface area contributed by atoms with Gasteiger partial charge in [0.2, 0.25) is 0 Å². The Morgan fingerprint density at radius 2 is 1.43 bits per heavy atom. The number of aromatic amines is 1. The Balaban J connectivity index is 0.000000128. The molecule has 3 aromatic rings. The molecule has 0 saturated heterocycles. The van der Waals surface area contributed by atoms with Crippen molar-refractivity contribution in [2.24, 2.45) is 0 Å². The van der Waals surface area contributed by atoms with Gasteiger partial charge in [0.25, 0.3) is 0 Å². The third-order valence-electron chi connectivity index (χ3n) is 1.65. The molecule has 2 aromatic heterocycles. The third kappa shape index (κ3) is 1.98. The zero-order valence-corrected chi connectivity index (χ0v) is 7.42. The van der Waals surface area contributed by atoms with Crippen molar-refractivity contribution in [3.05, 3.63) is 48.9 Å². The molecular formula is C10H9N3O. The highest BCUT2D eigenvalue weighted by molar-refractivity contribution is 5.72. The molecule has 3 rings (SSSR count). The molecule has 4 nitrogen and oxygen atoms in total. The molecule has 2 heterocycles. The number of para-hydroxylation sites is 2. The monoisotopic (exact) mass is 187 g/mol. The average Bonchev–Trinajstić information content (AvgIpc) is 2.92. The summed E-state index contributed by atoms with van der Waals surface area (Å²) in [7, 11) is 0. The number of fused-ring (bicyclic) bond motifs is 1.